The Kier molecular flexibility index (Phi) is 1.85. The summed E-state index contributed by atoms with van der Waals surface area (Å²) in [6.45, 7) is 1.75. The first-order chi connectivity index (χ1) is 6.66. The second-order valence-corrected chi connectivity index (χ2v) is 3.11. The van der Waals surface area contributed by atoms with Crippen LogP contribution in [0.1, 0.15) is 5.56 Å². The lowest BCUT2D eigenvalue weighted by atomic mass is 10.1. The largest absolute Gasteiger partial charge is 0.384 e. The third-order valence-electron chi connectivity index (χ3n) is 1.98. The molecule has 0 saturated carbocycles. The molecule has 5 nitrogen and oxygen atoms in total. The standard InChI is InChI=1S/C9H10N4O/c1-5-2-6(4-11-9(5)14)7-3-8(10)13-12-7/h2-4H,1H3,(H,11,14)(H3,10,12,13). The maximum atomic E-state index is 11.1. The second kappa shape index (κ2) is 3.02. The highest BCUT2D eigenvalue weighted by Gasteiger charge is 2.03. The molecule has 0 unspecified atom stereocenters. The van der Waals surface area contributed by atoms with Gasteiger partial charge < -0.3 is 10.7 Å². The molecule has 0 fully saturated rings. The Balaban J connectivity index is 2.52. The smallest absolute Gasteiger partial charge is 0.250 e. The lowest BCUT2D eigenvalue weighted by Gasteiger charge is -1.96. The molecule has 0 aliphatic heterocycles. The Labute approximate surface area is 80.0 Å². The average molecular weight is 190 g/mol. The van der Waals surface area contributed by atoms with Crippen molar-refractivity contribution in [2.75, 3.05) is 5.73 Å². The number of aryl methyl sites for hydroxylation is 1. The number of nitrogens with two attached hydrogens (primary N) is 1. The van der Waals surface area contributed by atoms with Crippen LogP contribution in [0.4, 0.5) is 5.82 Å². The van der Waals surface area contributed by atoms with E-state index in [0.717, 1.165) is 11.3 Å². The normalized spacial score (nSPS) is 10.4. The molecule has 2 aromatic heterocycles. The molecule has 0 saturated heterocycles. The quantitative estimate of drug-likeness (QED) is 0.617. The number of hydrogen-bond donors (Lipinski definition) is 3. The molecule has 0 aliphatic rings. The van der Waals surface area contributed by atoms with E-state index in [0.29, 0.717) is 11.4 Å². The SMILES string of the molecule is Cc1cc(-c2cc(N)[nH]n2)c[nH]c1=O. The van der Waals surface area contributed by atoms with Gasteiger partial charge in [-0.3, -0.25) is 9.89 Å². The molecule has 0 aliphatic carbocycles. The van der Waals surface area contributed by atoms with E-state index >= 15 is 0 Å². The lowest BCUT2D eigenvalue weighted by molar-refractivity contribution is 1.09. The minimum atomic E-state index is -0.0859. The van der Waals surface area contributed by atoms with Crippen molar-refractivity contribution in [3.63, 3.8) is 0 Å². The molecule has 72 valence electrons. The van der Waals surface area contributed by atoms with Gasteiger partial charge in [-0.25, -0.2) is 0 Å². The minimum Gasteiger partial charge on any atom is -0.384 e. The maximum Gasteiger partial charge on any atom is 0.250 e. The van der Waals surface area contributed by atoms with Crippen molar-refractivity contribution in [1.29, 1.82) is 0 Å². The number of nitrogens with zero attached hydrogens (tertiary/aromatic N) is 1. The molecule has 14 heavy (non-hydrogen) atoms. The van der Waals surface area contributed by atoms with Gasteiger partial charge in [0.15, 0.2) is 0 Å². The summed E-state index contributed by atoms with van der Waals surface area (Å²) >= 11 is 0. The second-order valence-electron chi connectivity index (χ2n) is 3.11. The van der Waals surface area contributed by atoms with Crippen LogP contribution < -0.4 is 11.3 Å². The van der Waals surface area contributed by atoms with Gasteiger partial charge in [0.1, 0.15) is 5.82 Å². The Bertz CT molecular complexity index is 512. The van der Waals surface area contributed by atoms with E-state index in [2.05, 4.69) is 15.2 Å². The van der Waals surface area contributed by atoms with E-state index in [4.69, 9.17) is 5.73 Å². The van der Waals surface area contributed by atoms with Crippen molar-refractivity contribution in [1.82, 2.24) is 15.2 Å². The third kappa shape index (κ3) is 1.39. The highest BCUT2D eigenvalue weighted by molar-refractivity contribution is 5.61. The Morgan fingerprint density at radius 1 is 1.43 bits per heavy atom. The van der Waals surface area contributed by atoms with Crippen LogP contribution in [0.25, 0.3) is 11.3 Å². The monoisotopic (exact) mass is 190 g/mol. The van der Waals surface area contributed by atoms with Crippen LogP contribution in [0.5, 0.6) is 0 Å². The molecule has 0 radical (unpaired) electrons. The van der Waals surface area contributed by atoms with Crippen molar-refractivity contribution in [2.45, 2.75) is 6.92 Å². The summed E-state index contributed by atoms with van der Waals surface area (Å²) in [4.78, 5) is 13.7. The fourth-order valence-corrected chi connectivity index (χ4v) is 1.23. The number of rotatable bonds is 1. The molecule has 2 rings (SSSR count). The molecular weight excluding hydrogens is 180 g/mol. The van der Waals surface area contributed by atoms with Crippen LogP contribution in [-0.2, 0) is 0 Å². The number of aromatic nitrogens is 3. The van der Waals surface area contributed by atoms with Gasteiger partial charge in [0.2, 0.25) is 0 Å². The fraction of sp³-hybridized carbons (Fsp3) is 0.111. The van der Waals surface area contributed by atoms with E-state index in [-0.39, 0.29) is 5.56 Å². The van der Waals surface area contributed by atoms with Crippen molar-refractivity contribution in [2.24, 2.45) is 0 Å². The molecule has 0 amide bonds. The van der Waals surface area contributed by atoms with Gasteiger partial charge in [-0.2, -0.15) is 5.10 Å². The fourth-order valence-electron chi connectivity index (χ4n) is 1.23. The number of nitrogen functional groups attached to an aromatic ring is 1. The zero-order chi connectivity index (χ0) is 10.1. The van der Waals surface area contributed by atoms with Crippen LogP contribution in [0.15, 0.2) is 23.1 Å². The van der Waals surface area contributed by atoms with Crippen molar-refractivity contribution in [3.05, 3.63) is 34.2 Å². The number of nitrogens with one attached hydrogen (secondary N) is 2. The molecule has 2 heterocycles. The Morgan fingerprint density at radius 3 is 2.79 bits per heavy atom. The predicted molar refractivity (Wildman–Crippen MR) is 53.8 cm³/mol. The molecular formula is C9H10N4O. The summed E-state index contributed by atoms with van der Waals surface area (Å²) in [5.74, 6) is 0.504. The molecule has 0 spiro atoms. The Morgan fingerprint density at radius 2 is 2.21 bits per heavy atom. The summed E-state index contributed by atoms with van der Waals surface area (Å²) in [6.07, 6.45) is 1.62. The van der Waals surface area contributed by atoms with Crippen molar-refractivity contribution < 1.29 is 0 Å². The van der Waals surface area contributed by atoms with Crippen LogP contribution in [0.3, 0.4) is 0 Å². The first-order valence-corrected chi connectivity index (χ1v) is 4.17. The minimum absolute atomic E-state index is 0.0859. The third-order valence-corrected chi connectivity index (χ3v) is 1.98. The number of anilines is 1. The average Bonchev–Trinajstić information content (AvgIpc) is 2.57. The van der Waals surface area contributed by atoms with E-state index in [9.17, 15) is 4.79 Å². The topological polar surface area (TPSA) is 87.6 Å². The first kappa shape index (κ1) is 8.55. The summed E-state index contributed by atoms with van der Waals surface area (Å²) in [6, 6.07) is 3.49. The number of H-pyrrole nitrogens is 2. The molecule has 0 aromatic carbocycles. The predicted octanol–water partition coefficient (Wildman–Crippen LogP) is 0.656. The van der Waals surface area contributed by atoms with Gasteiger partial charge in [0, 0.05) is 23.4 Å². The van der Waals surface area contributed by atoms with Gasteiger partial charge in [-0.15, -0.1) is 0 Å². The van der Waals surface area contributed by atoms with Gasteiger partial charge in [0.25, 0.3) is 5.56 Å². The van der Waals surface area contributed by atoms with Crippen LogP contribution >= 0.6 is 0 Å². The van der Waals surface area contributed by atoms with Crippen molar-refractivity contribution >= 4 is 5.82 Å². The number of aromatic amines is 2. The molecule has 2 aromatic rings. The first-order valence-electron chi connectivity index (χ1n) is 4.17. The molecule has 0 atom stereocenters. The van der Waals surface area contributed by atoms with Gasteiger partial charge in [-0.1, -0.05) is 0 Å². The lowest BCUT2D eigenvalue weighted by Crippen LogP contribution is -2.07. The van der Waals surface area contributed by atoms with E-state index in [1.54, 1.807) is 25.3 Å². The summed E-state index contributed by atoms with van der Waals surface area (Å²) in [5.41, 5.74) is 7.63. The van der Waals surface area contributed by atoms with Gasteiger partial charge in [0.05, 0.1) is 5.69 Å². The summed E-state index contributed by atoms with van der Waals surface area (Å²) in [7, 11) is 0. The van der Waals surface area contributed by atoms with Crippen LogP contribution in [0.2, 0.25) is 0 Å². The zero-order valence-corrected chi connectivity index (χ0v) is 7.66. The zero-order valence-electron chi connectivity index (χ0n) is 7.66. The Hall–Kier alpha value is -2.04. The summed E-state index contributed by atoms with van der Waals surface area (Å²) in [5, 5.41) is 6.62. The molecule has 4 N–H and O–H groups in total. The number of hydrogen-bond acceptors (Lipinski definition) is 3. The molecule has 0 bridgehead atoms. The summed E-state index contributed by atoms with van der Waals surface area (Å²) < 4.78 is 0. The highest BCUT2D eigenvalue weighted by Crippen LogP contribution is 2.16. The van der Waals surface area contributed by atoms with Gasteiger partial charge >= 0.3 is 0 Å². The van der Waals surface area contributed by atoms with E-state index in [1.165, 1.54) is 0 Å². The number of pyridine rings is 1. The van der Waals surface area contributed by atoms with E-state index < -0.39 is 0 Å². The van der Waals surface area contributed by atoms with Gasteiger partial charge in [-0.05, 0) is 13.0 Å². The maximum absolute atomic E-state index is 11.1. The van der Waals surface area contributed by atoms with E-state index in [1.807, 2.05) is 0 Å². The highest BCUT2D eigenvalue weighted by atomic mass is 16.1. The van der Waals surface area contributed by atoms with Crippen molar-refractivity contribution in [3.8, 4) is 11.3 Å². The molecule has 5 heteroatoms. The van der Waals surface area contributed by atoms with Crippen LogP contribution in [0, 0.1) is 6.92 Å². The van der Waals surface area contributed by atoms with Crippen LogP contribution in [-0.4, -0.2) is 15.2 Å².